The largest absolute Gasteiger partial charge is 0.365 e. The molecule has 2 atom stereocenters. The zero-order chi connectivity index (χ0) is 20.1. The van der Waals surface area contributed by atoms with Crippen molar-refractivity contribution in [2.24, 2.45) is 0 Å². The number of aromatic nitrogens is 1. The van der Waals surface area contributed by atoms with Crippen molar-refractivity contribution in [3.05, 3.63) is 51.6 Å². The minimum absolute atomic E-state index is 0.0659. The predicted octanol–water partition coefficient (Wildman–Crippen LogP) is 5.89. The van der Waals surface area contributed by atoms with Gasteiger partial charge in [-0.3, -0.25) is 0 Å². The summed E-state index contributed by atoms with van der Waals surface area (Å²) in [4.78, 5) is 19.6. The van der Waals surface area contributed by atoms with Crippen LogP contribution in [0.3, 0.4) is 0 Å². The maximum absolute atomic E-state index is 13.1. The van der Waals surface area contributed by atoms with Gasteiger partial charge < -0.3 is 15.5 Å². The Hall–Kier alpha value is -1.98. The molecule has 0 radical (unpaired) electrons. The van der Waals surface area contributed by atoms with Gasteiger partial charge in [0.25, 0.3) is 0 Å². The number of nitrogens with zero attached hydrogens (tertiary/aromatic N) is 2. The second-order valence-electron chi connectivity index (χ2n) is 8.52. The Balaban J connectivity index is 1.60. The minimum atomic E-state index is -0.0984. The summed E-state index contributed by atoms with van der Waals surface area (Å²) in [6, 6.07) is 7.33. The molecule has 2 aromatic rings. The molecule has 148 valence electrons. The fraction of sp³-hybridized carbons (Fsp3) is 0.429. The Morgan fingerprint density at radius 2 is 1.96 bits per heavy atom. The van der Waals surface area contributed by atoms with Crippen molar-refractivity contribution in [1.82, 2.24) is 9.88 Å². The van der Waals surface area contributed by atoms with Gasteiger partial charge in [-0.15, -0.1) is 0 Å². The van der Waals surface area contributed by atoms with Gasteiger partial charge in [0, 0.05) is 29.0 Å². The van der Waals surface area contributed by atoms with Gasteiger partial charge in [0.15, 0.2) is 0 Å². The number of fused-ring (bicyclic) bond motifs is 4. The van der Waals surface area contributed by atoms with Crippen molar-refractivity contribution in [2.45, 2.75) is 57.7 Å². The predicted molar refractivity (Wildman–Crippen MR) is 114 cm³/mol. The van der Waals surface area contributed by atoms with E-state index in [0.29, 0.717) is 15.7 Å². The molecule has 4 rings (SSSR count). The van der Waals surface area contributed by atoms with E-state index in [-0.39, 0.29) is 23.7 Å². The number of carbonyl (C=O) groups is 1. The summed E-state index contributed by atoms with van der Waals surface area (Å²) in [6.45, 7) is 6.38. The van der Waals surface area contributed by atoms with Crippen molar-refractivity contribution < 1.29 is 4.79 Å². The number of urea groups is 1. The Morgan fingerprint density at radius 3 is 2.68 bits per heavy atom. The highest BCUT2D eigenvalue weighted by molar-refractivity contribution is 6.42. The summed E-state index contributed by atoms with van der Waals surface area (Å²) in [7, 11) is 0. The summed E-state index contributed by atoms with van der Waals surface area (Å²) >= 11 is 12.1. The summed E-state index contributed by atoms with van der Waals surface area (Å²) in [5.74, 6) is 0.937. The number of anilines is 2. The van der Waals surface area contributed by atoms with Crippen molar-refractivity contribution in [3.8, 4) is 0 Å². The van der Waals surface area contributed by atoms with Crippen LogP contribution < -0.4 is 10.6 Å². The molecule has 1 saturated heterocycles. The standard InChI is InChI=1S/C21H24Cl2N4O/c1-21(2,3)26-19-15-11-13-5-7-18(14(15)8-9-24-19)27(13)20(28)25-12-4-6-16(22)17(23)10-12/h4,6,8-10,13,18H,5,7,11H2,1-3H3,(H,24,26)(H,25,28). The third-order valence-corrected chi connectivity index (χ3v) is 6.03. The lowest BCUT2D eigenvalue weighted by atomic mass is 9.93. The first-order valence-electron chi connectivity index (χ1n) is 9.53. The van der Waals surface area contributed by atoms with Crippen LogP contribution in [0.15, 0.2) is 30.5 Å². The summed E-state index contributed by atoms with van der Waals surface area (Å²) < 4.78 is 0. The first-order valence-corrected chi connectivity index (χ1v) is 10.3. The van der Waals surface area contributed by atoms with Crippen molar-refractivity contribution in [3.63, 3.8) is 0 Å². The molecule has 1 aromatic heterocycles. The molecular weight excluding hydrogens is 395 g/mol. The van der Waals surface area contributed by atoms with Gasteiger partial charge in [0.05, 0.1) is 16.1 Å². The number of rotatable bonds is 2. The number of carbonyl (C=O) groups excluding carboxylic acids is 1. The molecule has 2 aliphatic heterocycles. The van der Waals surface area contributed by atoms with Gasteiger partial charge >= 0.3 is 6.03 Å². The number of benzene rings is 1. The molecule has 1 fully saturated rings. The number of halogens is 2. The molecule has 3 heterocycles. The maximum Gasteiger partial charge on any atom is 0.322 e. The normalized spacial score (nSPS) is 20.7. The van der Waals surface area contributed by atoms with Crippen LogP contribution in [-0.2, 0) is 6.42 Å². The number of pyridine rings is 1. The monoisotopic (exact) mass is 418 g/mol. The van der Waals surface area contributed by atoms with Crippen molar-refractivity contribution in [2.75, 3.05) is 10.6 Å². The minimum Gasteiger partial charge on any atom is -0.365 e. The Kier molecular flexibility index (Phi) is 4.92. The molecule has 1 aromatic carbocycles. The lowest BCUT2D eigenvalue weighted by Gasteiger charge is -2.37. The van der Waals surface area contributed by atoms with Gasteiger partial charge in [-0.1, -0.05) is 23.2 Å². The summed E-state index contributed by atoms with van der Waals surface area (Å²) in [5.41, 5.74) is 3.02. The van der Waals surface area contributed by atoms with Crippen LogP contribution in [0.2, 0.25) is 10.0 Å². The van der Waals surface area contributed by atoms with Gasteiger partial charge in [-0.25, -0.2) is 9.78 Å². The Labute approximate surface area is 175 Å². The smallest absolute Gasteiger partial charge is 0.322 e. The topological polar surface area (TPSA) is 57.3 Å². The lowest BCUT2D eigenvalue weighted by Crippen LogP contribution is -2.44. The quantitative estimate of drug-likeness (QED) is 0.638. The molecule has 0 aliphatic carbocycles. The second-order valence-corrected chi connectivity index (χ2v) is 9.33. The van der Waals surface area contributed by atoms with Crippen LogP contribution >= 0.6 is 23.2 Å². The highest BCUT2D eigenvalue weighted by Gasteiger charge is 2.43. The van der Waals surface area contributed by atoms with Crippen molar-refractivity contribution >= 4 is 40.7 Å². The first kappa shape index (κ1) is 19.3. The van der Waals surface area contributed by atoms with Gasteiger partial charge in [0.1, 0.15) is 5.82 Å². The van der Waals surface area contributed by atoms with Gasteiger partial charge in [-0.2, -0.15) is 0 Å². The van der Waals surface area contributed by atoms with E-state index in [1.165, 1.54) is 11.1 Å². The fourth-order valence-corrected chi connectivity index (χ4v) is 4.49. The van der Waals surface area contributed by atoms with Crippen LogP contribution in [0.25, 0.3) is 0 Å². The highest BCUT2D eigenvalue weighted by Crippen LogP contribution is 2.45. The molecule has 5 nitrogen and oxygen atoms in total. The summed E-state index contributed by atoms with van der Waals surface area (Å²) in [6.07, 6.45) is 4.60. The molecule has 0 saturated carbocycles. The molecular formula is C21H24Cl2N4O. The van der Waals surface area contributed by atoms with Gasteiger partial charge in [-0.05, 0) is 69.9 Å². The van der Waals surface area contributed by atoms with Crippen LogP contribution in [0.1, 0.15) is 50.8 Å². The molecule has 0 spiro atoms. The lowest BCUT2D eigenvalue weighted by molar-refractivity contribution is 0.179. The fourth-order valence-electron chi connectivity index (χ4n) is 4.19. The van der Waals surface area contributed by atoms with Crippen LogP contribution in [0.4, 0.5) is 16.3 Å². The van der Waals surface area contributed by atoms with E-state index in [9.17, 15) is 4.79 Å². The van der Waals surface area contributed by atoms with Gasteiger partial charge in [0.2, 0.25) is 0 Å². The van der Waals surface area contributed by atoms with E-state index in [4.69, 9.17) is 23.2 Å². The SMILES string of the molecule is CC(C)(C)Nc1nccc2c1CC1CCC2N1C(=O)Nc1ccc(Cl)c(Cl)c1. The molecule has 7 heteroatoms. The maximum atomic E-state index is 13.1. The highest BCUT2D eigenvalue weighted by atomic mass is 35.5. The average molecular weight is 419 g/mol. The molecule has 2 N–H and O–H groups in total. The zero-order valence-electron chi connectivity index (χ0n) is 16.2. The van der Waals surface area contributed by atoms with E-state index in [1.54, 1.807) is 18.2 Å². The molecule has 2 unspecified atom stereocenters. The van der Waals surface area contributed by atoms with Crippen LogP contribution in [0, 0.1) is 0 Å². The molecule has 2 amide bonds. The second kappa shape index (κ2) is 7.12. The third kappa shape index (κ3) is 3.65. The number of hydrogen-bond acceptors (Lipinski definition) is 3. The van der Waals surface area contributed by atoms with E-state index >= 15 is 0 Å². The molecule has 2 bridgehead atoms. The number of nitrogens with one attached hydrogen (secondary N) is 2. The zero-order valence-corrected chi connectivity index (χ0v) is 17.7. The van der Waals surface area contributed by atoms with E-state index in [2.05, 4.69) is 42.5 Å². The Bertz CT molecular complexity index is 925. The van der Waals surface area contributed by atoms with E-state index < -0.39 is 0 Å². The van der Waals surface area contributed by atoms with E-state index in [0.717, 1.165) is 25.1 Å². The van der Waals surface area contributed by atoms with Crippen LogP contribution in [0.5, 0.6) is 0 Å². The number of hydrogen-bond donors (Lipinski definition) is 2. The third-order valence-electron chi connectivity index (χ3n) is 5.29. The first-order chi connectivity index (χ1) is 13.2. The van der Waals surface area contributed by atoms with E-state index in [1.807, 2.05) is 11.1 Å². The average Bonchev–Trinajstić information content (AvgIpc) is 2.93. The summed E-state index contributed by atoms with van der Waals surface area (Å²) in [5, 5.41) is 7.39. The van der Waals surface area contributed by atoms with Crippen LogP contribution in [-0.4, -0.2) is 27.5 Å². The number of amides is 2. The Morgan fingerprint density at radius 1 is 1.18 bits per heavy atom. The van der Waals surface area contributed by atoms with Crippen molar-refractivity contribution in [1.29, 1.82) is 0 Å². The molecule has 28 heavy (non-hydrogen) atoms. The molecule has 2 aliphatic rings.